The highest BCUT2D eigenvalue weighted by Crippen LogP contribution is 2.33. The van der Waals surface area contributed by atoms with E-state index in [4.69, 9.17) is 0 Å². The van der Waals surface area contributed by atoms with E-state index in [9.17, 15) is 8.42 Å². The molecular weight excluding hydrogens is 276 g/mol. The molecule has 7 heteroatoms. The summed E-state index contributed by atoms with van der Waals surface area (Å²) >= 11 is 0. The summed E-state index contributed by atoms with van der Waals surface area (Å²) in [6.45, 7) is 4.91. The quantitative estimate of drug-likeness (QED) is 0.813. The molecule has 1 aromatic heterocycles. The molecular formula is C13H20N4O2S. The van der Waals surface area contributed by atoms with Crippen LogP contribution in [0.25, 0.3) is 0 Å². The monoisotopic (exact) mass is 296 g/mol. The van der Waals surface area contributed by atoms with Crippen LogP contribution in [-0.4, -0.2) is 54.6 Å². The molecule has 0 amide bonds. The predicted octanol–water partition coefficient (Wildman–Crippen LogP) is 0.584. The maximum absolute atomic E-state index is 12.1. The Labute approximate surface area is 119 Å². The molecule has 0 spiro atoms. The SMILES string of the molecule is CCCS(=O)(=O)N1C[C@H]2CN(c3ncccn3)C[C@H]2C1. The maximum Gasteiger partial charge on any atom is 0.225 e. The lowest BCUT2D eigenvalue weighted by Crippen LogP contribution is -2.35. The number of aromatic nitrogens is 2. The van der Waals surface area contributed by atoms with E-state index < -0.39 is 10.0 Å². The van der Waals surface area contributed by atoms with Gasteiger partial charge in [0.2, 0.25) is 16.0 Å². The van der Waals surface area contributed by atoms with Gasteiger partial charge in [0.25, 0.3) is 0 Å². The fraction of sp³-hybridized carbons (Fsp3) is 0.692. The van der Waals surface area contributed by atoms with Gasteiger partial charge in [-0.15, -0.1) is 0 Å². The molecule has 0 radical (unpaired) electrons. The number of fused-ring (bicyclic) bond motifs is 1. The second-order valence-corrected chi connectivity index (χ2v) is 7.70. The van der Waals surface area contributed by atoms with E-state index >= 15 is 0 Å². The Balaban J connectivity index is 1.65. The van der Waals surface area contributed by atoms with Crippen molar-refractivity contribution in [1.82, 2.24) is 14.3 Å². The third-order valence-electron chi connectivity index (χ3n) is 4.14. The Morgan fingerprint density at radius 2 is 1.75 bits per heavy atom. The van der Waals surface area contributed by atoms with E-state index in [1.807, 2.05) is 6.92 Å². The van der Waals surface area contributed by atoms with Crippen LogP contribution in [0, 0.1) is 11.8 Å². The third-order valence-corrected chi connectivity index (χ3v) is 6.15. The van der Waals surface area contributed by atoms with Crippen molar-refractivity contribution in [3.8, 4) is 0 Å². The van der Waals surface area contributed by atoms with Crippen molar-refractivity contribution in [3.05, 3.63) is 18.5 Å². The smallest absolute Gasteiger partial charge is 0.225 e. The number of sulfonamides is 1. The van der Waals surface area contributed by atoms with Crippen LogP contribution in [0.5, 0.6) is 0 Å². The zero-order valence-electron chi connectivity index (χ0n) is 11.6. The van der Waals surface area contributed by atoms with Crippen LogP contribution >= 0.6 is 0 Å². The van der Waals surface area contributed by atoms with Gasteiger partial charge in [-0.1, -0.05) is 6.92 Å². The summed E-state index contributed by atoms with van der Waals surface area (Å²) in [5.74, 6) is 1.83. The first-order valence-electron chi connectivity index (χ1n) is 7.10. The molecule has 0 unspecified atom stereocenters. The first-order chi connectivity index (χ1) is 9.60. The van der Waals surface area contributed by atoms with Gasteiger partial charge in [0.15, 0.2) is 0 Å². The zero-order valence-corrected chi connectivity index (χ0v) is 12.5. The summed E-state index contributed by atoms with van der Waals surface area (Å²) < 4.78 is 25.9. The number of rotatable bonds is 4. The minimum Gasteiger partial charge on any atom is -0.340 e. The summed E-state index contributed by atoms with van der Waals surface area (Å²) in [6, 6.07) is 1.81. The maximum atomic E-state index is 12.1. The summed E-state index contributed by atoms with van der Waals surface area (Å²) in [5, 5.41) is 0. The Morgan fingerprint density at radius 3 is 2.30 bits per heavy atom. The predicted molar refractivity (Wildman–Crippen MR) is 76.9 cm³/mol. The molecule has 3 rings (SSSR count). The second-order valence-electron chi connectivity index (χ2n) is 5.61. The van der Waals surface area contributed by atoms with Gasteiger partial charge < -0.3 is 4.90 Å². The van der Waals surface area contributed by atoms with E-state index in [0.717, 1.165) is 19.0 Å². The number of hydrogen-bond acceptors (Lipinski definition) is 5. The van der Waals surface area contributed by atoms with Crippen LogP contribution < -0.4 is 4.90 Å². The molecule has 0 N–H and O–H groups in total. The standard InChI is InChI=1S/C13H20N4O2S/c1-2-6-20(18,19)17-9-11-7-16(8-12(11)10-17)13-14-4-3-5-15-13/h3-5,11-12H,2,6-10H2,1H3/t11-,12+. The zero-order chi connectivity index (χ0) is 14.2. The van der Waals surface area contributed by atoms with E-state index in [1.165, 1.54) is 0 Å². The minimum absolute atomic E-state index is 0.262. The van der Waals surface area contributed by atoms with Crippen LogP contribution in [0.15, 0.2) is 18.5 Å². The van der Waals surface area contributed by atoms with Crippen molar-refractivity contribution in [1.29, 1.82) is 0 Å². The topological polar surface area (TPSA) is 66.4 Å². The van der Waals surface area contributed by atoms with Crippen LogP contribution in [0.3, 0.4) is 0 Å². The molecule has 0 bridgehead atoms. The van der Waals surface area contributed by atoms with Crippen LogP contribution in [0.4, 0.5) is 5.95 Å². The van der Waals surface area contributed by atoms with Crippen molar-refractivity contribution < 1.29 is 8.42 Å². The molecule has 20 heavy (non-hydrogen) atoms. The molecule has 0 saturated carbocycles. The molecule has 2 aliphatic rings. The molecule has 0 aliphatic carbocycles. The van der Waals surface area contributed by atoms with Gasteiger partial charge >= 0.3 is 0 Å². The van der Waals surface area contributed by atoms with Gasteiger partial charge in [-0.25, -0.2) is 22.7 Å². The lowest BCUT2D eigenvalue weighted by atomic mass is 10.0. The Kier molecular flexibility index (Phi) is 3.64. The molecule has 6 nitrogen and oxygen atoms in total. The molecule has 3 heterocycles. The van der Waals surface area contributed by atoms with Crippen molar-refractivity contribution >= 4 is 16.0 Å². The Hall–Kier alpha value is -1.21. The van der Waals surface area contributed by atoms with Crippen LogP contribution in [0.1, 0.15) is 13.3 Å². The van der Waals surface area contributed by atoms with Crippen LogP contribution in [-0.2, 0) is 10.0 Å². The van der Waals surface area contributed by atoms with E-state index in [1.54, 1.807) is 22.8 Å². The van der Waals surface area contributed by atoms with Gasteiger partial charge in [-0.2, -0.15) is 0 Å². The fourth-order valence-electron chi connectivity index (χ4n) is 3.18. The largest absolute Gasteiger partial charge is 0.340 e. The normalized spacial score (nSPS) is 26.9. The summed E-state index contributed by atoms with van der Waals surface area (Å²) in [4.78, 5) is 10.7. The number of nitrogens with zero attached hydrogens (tertiary/aromatic N) is 4. The highest BCUT2D eigenvalue weighted by Gasteiger charge is 2.44. The summed E-state index contributed by atoms with van der Waals surface area (Å²) in [5.41, 5.74) is 0. The average molecular weight is 296 g/mol. The Bertz CT molecular complexity index is 549. The second kappa shape index (κ2) is 5.29. The molecule has 2 aliphatic heterocycles. The lowest BCUT2D eigenvalue weighted by Gasteiger charge is -2.21. The lowest BCUT2D eigenvalue weighted by molar-refractivity contribution is 0.452. The van der Waals surface area contributed by atoms with Crippen molar-refractivity contribution in [2.45, 2.75) is 13.3 Å². The Morgan fingerprint density at radius 1 is 1.15 bits per heavy atom. The highest BCUT2D eigenvalue weighted by atomic mass is 32.2. The summed E-state index contributed by atoms with van der Waals surface area (Å²) in [7, 11) is -3.05. The molecule has 0 aromatic carbocycles. The molecule has 2 fully saturated rings. The fourth-order valence-corrected chi connectivity index (χ4v) is 4.79. The molecule has 110 valence electrons. The van der Waals surface area contributed by atoms with E-state index in [-0.39, 0.29) is 5.75 Å². The molecule has 1 aromatic rings. The number of anilines is 1. The highest BCUT2D eigenvalue weighted by molar-refractivity contribution is 7.89. The van der Waals surface area contributed by atoms with Crippen molar-refractivity contribution in [3.63, 3.8) is 0 Å². The van der Waals surface area contributed by atoms with Gasteiger partial charge in [-0.3, -0.25) is 0 Å². The van der Waals surface area contributed by atoms with Crippen molar-refractivity contribution in [2.75, 3.05) is 36.8 Å². The van der Waals surface area contributed by atoms with Crippen molar-refractivity contribution in [2.24, 2.45) is 11.8 Å². The third kappa shape index (κ3) is 2.52. The first kappa shape index (κ1) is 13.8. The first-order valence-corrected chi connectivity index (χ1v) is 8.71. The minimum atomic E-state index is -3.05. The number of hydrogen-bond donors (Lipinski definition) is 0. The average Bonchev–Trinajstić information content (AvgIpc) is 2.98. The van der Waals surface area contributed by atoms with Gasteiger partial charge in [0.05, 0.1) is 5.75 Å². The van der Waals surface area contributed by atoms with Gasteiger partial charge in [0, 0.05) is 38.6 Å². The summed E-state index contributed by atoms with van der Waals surface area (Å²) in [6.07, 6.45) is 4.17. The van der Waals surface area contributed by atoms with Gasteiger partial charge in [0.1, 0.15) is 0 Å². The van der Waals surface area contributed by atoms with Gasteiger partial charge in [-0.05, 0) is 24.3 Å². The van der Waals surface area contributed by atoms with E-state index in [2.05, 4.69) is 14.9 Å². The van der Waals surface area contributed by atoms with Crippen LogP contribution in [0.2, 0.25) is 0 Å². The molecule has 2 saturated heterocycles. The van der Waals surface area contributed by atoms with E-state index in [0.29, 0.717) is 31.3 Å². The molecule has 2 atom stereocenters.